The van der Waals surface area contributed by atoms with Crippen molar-refractivity contribution in [2.24, 2.45) is 7.05 Å². The first-order chi connectivity index (χ1) is 9.13. The molecule has 102 valence electrons. The first-order valence-electron chi connectivity index (χ1n) is 5.89. The zero-order chi connectivity index (χ0) is 13.8. The SMILES string of the molecule is COc1cc(CCc2cn(C)nn2)c(OC)cc1Cl. The van der Waals surface area contributed by atoms with Gasteiger partial charge in [0.25, 0.3) is 0 Å². The summed E-state index contributed by atoms with van der Waals surface area (Å²) < 4.78 is 12.2. The van der Waals surface area contributed by atoms with Crippen molar-refractivity contribution in [1.82, 2.24) is 15.0 Å². The summed E-state index contributed by atoms with van der Waals surface area (Å²) >= 11 is 6.07. The van der Waals surface area contributed by atoms with Crippen LogP contribution in [0.5, 0.6) is 11.5 Å². The average Bonchev–Trinajstić information content (AvgIpc) is 2.82. The van der Waals surface area contributed by atoms with Gasteiger partial charge in [0, 0.05) is 19.3 Å². The Morgan fingerprint density at radius 2 is 1.89 bits per heavy atom. The van der Waals surface area contributed by atoms with E-state index in [2.05, 4.69) is 10.3 Å². The van der Waals surface area contributed by atoms with Gasteiger partial charge in [0.1, 0.15) is 11.5 Å². The van der Waals surface area contributed by atoms with E-state index in [0.29, 0.717) is 10.8 Å². The Hall–Kier alpha value is -1.75. The molecular formula is C13H16ClN3O2. The monoisotopic (exact) mass is 281 g/mol. The van der Waals surface area contributed by atoms with Crippen molar-refractivity contribution in [1.29, 1.82) is 0 Å². The number of hydrogen-bond donors (Lipinski definition) is 0. The predicted octanol–water partition coefficient (Wildman–Crippen LogP) is 2.27. The number of nitrogens with zero attached hydrogens (tertiary/aromatic N) is 3. The fourth-order valence-electron chi connectivity index (χ4n) is 1.89. The molecule has 2 aromatic rings. The molecule has 0 fully saturated rings. The van der Waals surface area contributed by atoms with Crippen LogP contribution in [0, 0.1) is 0 Å². The van der Waals surface area contributed by atoms with E-state index in [-0.39, 0.29) is 0 Å². The number of ether oxygens (including phenoxy) is 2. The second-order valence-electron chi connectivity index (χ2n) is 4.18. The molecule has 6 heteroatoms. The highest BCUT2D eigenvalue weighted by atomic mass is 35.5. The van der Waals surface area contributed by atoms with Gasteiger partial charge in [-0.15, -0.1) is 5.10 Å². The van der Waals surface area contributed by atoms with Gasteiger partial charge < -0.3 is 9.47 Å². The smallest absolute Gasteiger partial charge is 0.137 e. The van der Waals surface area contributed by atoms with Crippen LogP contribution in [0.2, 0.25) is 5.02 Å². The van der Waals surface area contributed by atoms with Gasteiger partial charge in [0.15, 0.2) is 0 Å². The average molecular weight is 282 g/mol. The highest BCUT2D eigenvalue weighted by Gasteiger charge is 2.10. The van der Waals surface area contributed by atoms with E-state index in [1.807, 2.05) is 19.3 Å². The van der Waals surface area contributed by atoms with Gasteiger partial charge in [0.05, 0.1) is 24.9 Å². The lowest BCUT2D eigenvalue weighted by Crippen LogP contribution is -1.98. The van der Waals surface area contributed by atoms with E-state index < -0.39 is 0 Å². The molecule has 0 spiro atoms. The Kier molecular flexibility index (Phi) is 4.27. The Morgan fingerprint density at radius 3 is 2.47 bits per heavy atom. The fourth-order valence-corrected chi connectivity index (χ4v) is 2.12. The fraction of sp³-hybridized carbons (Fsp3) is 0.385. The van der Waals surface area contributed by atoms with Crippen molar-refractivity contribution >= 4 is 11.6 Å². The molecule has 0 atom stereocenters. The van der Waals surface area contributed by atoms with E-state index in [9.17, 15) is 0 Å². The molecule has 2 rings (SSSR count). The molecular weight excluding hydrogens is 266 g/mol. The summed E-state index contributed by atoms with van der Waals surface area (Å²) in [6.45, 7) is 0. The predicted molar refractivity (Wildman–Crippen MR) is 73.0 cm³/mol. The minimum absolute atomic E-state index is 0.544. The summed E-state index contributed by atoms with van der Waals surface area (Å²) in [5, 5.41) is 8.51. The van der Waals surface area contributed by atoms with Crippen LogP contribution in [-0.4, -0.2) is 29.2 Å². The van der Waals surface area contributed by atoms with Gasteiger partial charge >= 0.3 is 0 Å². The van der Waals surface area contributed by atoms with Gasteiger partial charge in [0.2, 0.25) is 0 Å². The van der Waals surface area contributed by atoms with Crippen LogP contribution in [0.3, 0.4) is 0 Å². The zero-order valence-corrected chi connectivity index (χ0v) is 11.9. The molecule has 1 heterocycles. The second-order valence-corrected chi connectivity index (χ2v) is 4.59. The number of benzene rings is 1. The van der Waals surface area contributed by atoms with E-state index in [1.165, 1.54) is 0 Å². The largest absolute Gasteiger partial charge is 0.496 e. The molecule has 1 aromatic heterocycles. The van der Waals surface area contributed by atoms with Crippen LogP contribution in [0.25, 0.3) is 0 Å². The van der Waals surface area contributed by atoms with Crippen LogP contribution in [-0.2, 0) is 19.9 Å². The molecule has 19 heavy (non-hydrogen) atoms. The molecule has 5 nitrogen and oxygen atoms in total. The third kappa shape index (κ3) is 3.17. The highest BCUT2D eigenvalue weighted by molar-refractivity contribution is 6.32. The molecule has 0 radical (unpaired) electrons. The van der Waals surface area contributed by atoms with Crippen LogP contribution in [0.4, 0.5) is 0 Å². The zero-order valence-electron chi connectivity index (χ0n) is 11.2. The lowest BCUT2D eigenvalue weighted by atomic mass is 10.1. The third-order valence-corrected chi connectivity index (χ3v) is 3.15. The van der Waals surface area contributed by atoms with Gasteiger partial charge in [-0.25, -0.2) is 0 Å². The van der Waals surface area contributed by atoms with Crippen LogP contribution < -0.4 is 9.47 Å². The summed E-state index contributed by atoms with van der Waals surface area (Å²) in [7, 11) is 5.08. The molecule has 1 aromatic carbocycles. The Bertz CT molecular complexity index is 569. The minimum atomic E-state index is 0.544. The van der Waals surface area contributed by atoms with Gasteiger partial charge in [-0.3, -0.25) is 4.68 Å². The third-order valence-electron chi connectivity index (χ3n) is 2.86. The first kappa shape index (κ1) is 13.7. The molecule has 0 N–H and O–H groups in total. The molecule has 0 amide bonds. The van der Waals surface area contributed by atoms with Crippen molar-refractivity contribution in [3.63, 3.8) is 0 Å². The standard InChI is InChI=1S/C13H16ClN3O2/c1-17-8-10(15-16-17)5-4-9-6-13(19-3)11(14)7-12(9)18-2/h6-8H,4-5H2,1-3H3. The second kappa shape index (κ2) is 5.93. The summed E-state index contributed by atoms with van der Waals surface area (Å²) in [5.41, 5.74) is 1.98. The van der Waals surface area contributed by atoms with Gasteiger partial charge in [-0.05, 0) is 24.5 Å². The maximum absolute atomic E-state index is 6.07. The number of rotatable bonds is 5. The number of aryl methyl sites for hydroxylation is 3. The van der Waals surface area contributed by atoms with Crippen LogP contribution >= 0.6 is 11.6 Å². The van der Waals surface area contributed by atoms with Crippen molar-refractivity contribution < 1.29 is 9.47 Å². The summed E-state index contributed by atoms with van der Waals surface area (Å²) in [6, 6.07) is 3.67. The number of methoxy groups -OCH3 is 2. The topological polar surface area (TPSA) is 49.2 Å². The molecule has 0 saturated heterocycles. The van der Waals surface area contributed by atoms with Crippen molar-refractivity contribution in [3.8, 4) is 11.5 Å². The Balaban J connectivity index is 2.18. The maximum atomic E-state index is 6.07. The van der Waals surface area contributed by atoms with Crippen LogP contribution in [0.15, 0.2) is 18.3 Å². The van der Waals surface area contributed by atoms with E-state index in [4.69, 9.17) is 21.1 Å². The lowest BCUT2D eigenvalue weighted by Gasteiger charge is -2.11. The normalized spacial score (nSPS) is 10.5. The number of hydrogen-bond acceptors (Lipinski definition) is 4. The molecule has 0 saturated carbocycles. The van der Waals surface area contributed by atoms with E-state index in [0.717, 1.165) is 29.8 Å². The molecule has 0 aliphatic rings. The summed E-state index contributed by atoms with van der Waals surface area (Å²) in [5.74, 6) is 1.41. The number of aromatic nitrogens is 3. The van der Waals surface area contributed by atoms with Crippen molar-refractivity contribution in [2.75, 3.05) is 14.2 Å². The summed E-state index contributed by atoms with van der Waals surface area (Å²) in [4.78, 5) is 0. The quantitative estimate of drug-likeness (QED) is 0.844. The Labute approximate surface area is 117 Å². The minimum Gasteiger partial charge on any atom is -0.496 e. The van der Waals surface area contributed by atoms with Gasteiger partial charge in [-0.2, -0.15) is 0 Å². The van der Waals surface area contributed by atoms with E-state index >= 15 is 0 Å². The lowest BCUT2D eigenvalue weighted by molar-refractivity contribution is 0.399. The Morgan fingerprint density at radius 1 is 1.16 bits per heavy atom. The van der Waals surface area contributed by atoms with E-state index in [1.54, 1.807) is 25.0 Å². The molecule has 0 unspecified atom stereocenters. The molecule has 0 aliphatic carbocycles. The maximum Gasteiger partial charge on any atom is 0.137 e. The number of halogens is 1. The van der Waals surface area contributed by atoms with Gasteiger partial charge in [-0.1, -0.05) is 16.8 Å². The summed E-state index contributed by atoms with van der Waals surface area (Å²) in [6.07, 6.45) is 3.48. The molecule has 0 bridgehead atoms. The first-order valence-corrected chi connectivity index (χ1v) is 6.27. The van der Waals surface area contributed by atoms with Crippen molar-refractivity contribution in [3.05, 3.63) is 34.6 Å². The highest BCUT2D eigenvalue weighted by Crippen LogP contribution is 2.32. The molecule has 0 aliphatic heterocycles. The van der Waals surface area contributed by atoms with Crippen molar-refractivity contribution in [2.45, 2.75) is 12.8 Å². The van der Waals surface area contributed by atoms with Crippen LogP contribution in [0.1, 0.15) is 11.3 Å².